The average Bonchev–Trinajstić information content (AvgIpc) is 2.10. The van der Waals surface area contributed by atoms with Gasteiger partial charge in [0.15, 0.2) is 0 Å². The molecule has 74 valence electrons. The third-order valence-corrected chi connectivity index (χ3v) is 1.62. The van der Waals surface area contributed by atoms with E-state index in [0.717, 1.165) is 13.1 Å². The lowest BCUT2D eigenvalue weighted by molar-refractivity contribution is 0.353. The smallest absolute Gasteiger partial charge is 0.209 e. The van der Waals surface area contributed by atoms with E-state index in [1.54, 1.807) is 13.2 Å². The number of hydrogen-bond donors (Lipinski definition) is 1. The summed E-state index contributed by atoms with van der Waals surface area (Å²) in [6.45, 7) is 1.77. The fraction of sp³-hybridized carbons (Fsp3) is 0.750. The molecule has 0 saturated heterocycles. The maximum Gasteiger partial charge on any atom is 0.209 e. The van der Waals surface area contributed by atoms with Crippen molar-refractivity contribution in [1.29, 1.82) is 5.26 Å². The van der Waals surface area contributed by atoms with E-state index in [9.17, 15) is 0 Å². The van der Waals surface area contributed by atoms with Gasteiger partial charge in [-0.3, -0.25) is 0 Å². The molecule has 0 aromatic carbocycles. The first-order valence-electron chi connectivity index (χ1n) is 4.12. The molecule has 0 aliphatic rings. The Kier molecular flexibility index (Phi) is 5.64. The molecule has 0 aromatic rings. The molecule has 0 fully saturated rings. The van der Waals surface area contributed by atoms with Crippen molar-refractivity contribution in [3.63, 3.8) is 0 Å². The third kappa shape index (κ3) is 5.04. The van der Waals surface area contributed by atoms with E-state index >= 15 is 0 Å². The van der Waals surface area contributed by atoms with Crippen LogP contribution in [0.4, 0.5) is 0 Å². The Morgan fingerprint density at radius 3 is 2.38 bits per heavy atom. The lowest BCUT2D eigenvalue weighted by Gasteiger charge is -2.21. The minimum absolute atomic E-state index is 0.601. The Labute approximate surface area is 79.7 Å². The van der Waals surface area contributed by atoms with Crippen molar-refractivity contribution in [2.24, 2.45) is 4.99 Å². The molecule has 0 aromatic heterocycles. The molecule has 1 N–H and O–H groups in total. The SMILES string of the molecule is CN/C(=N/C#N)N(C)CCN(C)C. The lowest BCUT2D eigenvalue weighted by atomic mass is 10.5. The second-order valence-electron chi connectivity index (χ2n) is 3.01. The molecule has 0 amide bonds. The van der Waals surface area contributed by atoms with Crippen LogP contribution in [0, 0.1) is 11.5 Å². The van der Waals surface area contributed by atoms with Crippen LogP contribution in [-0.2, 0) is 0 Å². The first kappa shape index (κ1) is 11.7. The van der Waals surface area contributed by atoms with Gasteiger partial charge in [0, 0.05) is 27.2 Å². The van der Waals surface area contributed by atoms with E-state index in [1.165, 1.54) is 0 Å². The Morgan fingerprint density at radius 1 is 1.38 bits per heavy atom. The van der Waals surface area contributed by atoms with Crippen molar-refractivity contribution in [3.8, 4) is 6.19 Å². The molecule has 0 rings (SSSR count). The summed E-state index contributed by atoms with van der Waals surface area (Å²) in [6, 6.07) is 0. The first-order valence-corrected chi connectivity index (χ1v) is 4.12. The highest BCUT2D eigenvalue weighted by Gasteiger charge is 2.03. The fourth-order valence-corrected chi connectivity index (χ4v) is 0.835. The molecule has 0 saturated carbocycles. The molecule has 0 aliphatic heterocycles. The molecule has 0 radical (unpaired) electrons. The highest BCUT2D eigenvalue weighted by atomic mass is 15.3. The molecule has 0 atom stereocenters. The predicted octanol–water partition coefficient (Wildman–Crippen LogP) is -0.464. The van der Waals surface area contributed by atoms with Gasteiger partial charge in [-0.25, -0.2) is 0 Å². The van der Waals surface area contributed by atoms with Crippen LogP contribution in [-0.4, -0.2) is 57.0 Å². The minimum atomic E-state index is 0.601. The van der Waals surface area contributed by atoms with Crippen LogP contribution in [0.25, 0.3) is 0 Å². The van der Waals surface area contributed by atoms with Crippen LogP contribution in [0.15, 0.2) is 4.99 Å². The maximum absolute atomic E-state index is 8.38. The maximum atomic E-state index is 8.38. The van der Waals surface area contributed by atoms with Crippen molar-refractivity contribution in [2.75, 3.05) is 41.3 Å². The summed E-state index contributed by atoms with van der Waals surface area (Å²) in [4.78, 5) is 7.62. The molecule has 0 heterocycles. The van der Waals surface area contributed by atoms with E-state index in [4.69, 9.17) is 5.26 Å². The number of likely N-dealkylation sites (N-methyl/N-ethyl adjacent to an activating group) is 2. The highest BCUT2D eigenvalue weighted by Crippen LogP contribution is 1.85. The summed E-state index contributed by atoms with van der Waals surface area (Å²) >= 11 is 0. The van der Waals surface area contributed by atoms with Crippen LogP contribution in [0.2, 0.25) is 0 Å². The zero-order valence-electron chi connectivity index (χ0n) is 8.70. The topological polar surface area (TPSA) is 54.7 Å². The number of aliphatic imine (C=N–C) groups is 1. The number of hydrogen-bond acceptors (Lipinski definition) is 3. The number of rotatable bonds is 3. The van der Waals surface area contributed by atoms with Crippen molar-refractivity contribution in [2.45, 2.75) is 0 Å². The number of nitrogens with one attached hydrogen (secondary N) is 1. The predicted molar refractivity (Wildman–Crippen MR) is 53.3 cm³/mol. The largest absolute Gasteiger partial charge is 0.358 e. The zero-order valence-corrected chi connectivity index (χ0v) is 8.70. The molecule has 5 nitrogen and oxygen atoms in total. The molecular weight excluding hydrogens is 166 g/mol. The molecule has 0 spiro atoms. The molecule has 0 aliphatic carbocycles. The Balaban J connectivity index is 4.01. The second kappa shape index (κ2) is 6.26. The first-order chi connectivity index (χ1) is 6.11. The van der Waals surface area contributed by atoms with Gasteiger partial charge in [-0.1, -0.05) is 0 Å². The molecule has 0 bridgehead atoms. The van der Waals surface area contributed by atoms with Crippen LogP contribution >= 0.6 is 0 Å². The van der Waals surface area contributed by atoms with E-state index in [1.807, 2.05) is 26.0 Å². The third-order valence-electron chi connectivity index (χ3n) is 1.62. The van der Waals surface area contributed by atoms with E-state index in [2.05, 4.69) is 15.2 Å². The molecule has 0 unspecified atom stereocenters. The van der Waals surface area contributed by atoms with Crippen molar-refractivity contribution >= 4 is 5.96 Å². The summed E-state index contributed by atoms with van der Waals surface area (Å²) in [5.74, 6) is 0.601. The Hall–Kier alpha value is -1.28. The summed E-state index contributed by atoms with van der Waals surface area (Å²) in [7, 11) is 7.67. The lowest BCUT2D eigenvalue weighted by Crippen LogP contribution is -2.40. The van der Waals surface area contributed by atoms with Gasteiger partial charge in [-0.15, -0.1) is 4.99 Å². The fourth-order valence-electron chi connectivity index (χ4n) is 0.835. The summed E-state index contributed by atoms with van der Waals surface area (Å²) < 4.78 is 0. The highest BCUT2D eigenvalue weighted by molar-refractivity contribution is 5.80. The quantitative estimate of drug-likeness (QED) is 0.365. The summed E-state index contributed by atoms with van der Waals surface area (Å²) in [5.41, 5.74) is 0. The molecular formula is C8H17N5. The minimum Gasteiger partial charge on any atom is -0.358 e. The van der Waals surface area contributed by atoms with Crippen LogP contribution < -0.4 is 5.32 Å². The van der Waals surface area contributed by atoms with Crippen molar-refractivity contribution in [3.05, 3.63) is 0 Å². The zero-order chi connectivity index (χ0) is 10.3. The summed E-state index contributed by atoms with van der Waals surface area (Å²) in [5, 5.41) is 11.2. The van der Waals surface area contributed by atoms with Crippen LogP contribution in [0.1, 0.15) is 0 Å². The molecule has 13 heavy (non-hydrogen) atoms. The second-order valence-corrected chi connectivity index (χ2v) is 3.01. The number of nitrogens with zero attached hydrogens (tertiary/aromatic N) is 4. The Morgan fingerprint density at radius 2 is 2.00 bits per heavy atom. The van der Waals surface area contributed by atoms with Crippen molar-refractivity contribution in [1.82, 2.24) is 15.1 Å². The van der Waals surface area contributed by atoms with Gasteiger partial charge in [-0.05, 0) is 14.1 Å². The molecule has 5 heteroatoms. The van der Waals surface area contributed by atoms with E-state index in [0.29, 0.717) is 5.96 Å². The average molecular weight is 183 g/mol. The van der Waals surface area contributed by atoms with Gasteiger partial charge < -0.3 is 15.1 Å². The monoisotopic (exact) mass is 183 g/mol. The van der Waals surface area contributed by atoms with E-state index in [-0.39, 0.29) is 0 Å². The van der Waals surface area contributed by atoms with Crippen LogP contribution in [0.3, 0.4) is 0 Å². The van der Waals surface area contributed by atoms with E-state index < -0.39 is 0 Å². The van der Waals surface area contributed by atoms with Gasteiger partial charge in [0.05, 0.1) is 0 Å². The van der Waals surface area contributed by atoms with Gasteiger partial charge in [-0.2, -0.15) is 5.26 Å². The van der Waals surface area contributed by atoms with Gasteiger partial charge in [0.2, 0.25) is 12.2 Å². The van der Waals surface area contributed by atoms with Crippen molar-refractivity contribution < 1.29 is 0 Å². The van der Waals surface area contributed by atoms with Gasteiger partial charge in [0.1, 0.15) is 0 Å². The number of guanidine groups is 1. The number of nitriles is 1. The Bertz CT molecular complexity index is 203. The summed E-state index contributed by atoms with van der Waals surface area (Å²) in [6.07, 6.45) is 1.76. The van der Waals surface area contributed by atoms with Gasteiger partial charge in [0.25, 0.3) is 0 Å². The standard InChI is InChI=1S/C8H17N5/c1-10-8(11-7-9)13(4)6-5-12(2)3/h5-6H2,1-4H3,(H,10,11). The van der Waals surface area contributed by atoms with Crippen LogP contribution in [0.5, 0.6) is 0 Å². The van der Waals surface area contributed by atoms with Gasteiger partial charge >= 0.3 is 0 Å². The normalized spacial score (nSPS) is 11.2.